The Hall–Kier alpha value is -5.21. The number of carbonyl (C=O) groups is 3. The molecular weight excluding hydrogens is 670 g/mol. The van der Waals surface area contributed by atoms with Crippen molar-refractivity contribution >= 4 is 55.1 Å². The monoisotopic (exact) mass is 688 g/mol. The van der Waals surface area contributed by atoms with Crippen molar-refractivity contribution in [2.45, 2.75) is 0 Å². The number of aromatic nitrogens is 3. The molecule has 0 aliphatic carbocycles. The van der Waals surface area contributed by atoms with Crippen LogP contribution in [0.1, 0.15) is 36.8 Å². The Kier molecular flexibility index (Phi) is 18.1. The fourth-order valence-electron chi connectivity index (χ4n) is 2.69. The van der Waals surface area contributed by atoms with Crippen LogP contribution in [0.2, 0.25) is 0 Å². The Labute approximate surface area is 263 Å². The van der Waals surface area contributed by atoms with Gasteiger partial charge in [-0.3, -0.25) is 19.9 Å². The summed E-state index contributed by atoms with van der Waals surface area (Å²) in [6.07, 6.45) is 6.01. The van der Waals surface area contributed by atoms with Gasteiger partial charge in [-0.2, -0.15) is 0 Å². The number of hydrogen-bond acceptors (Lipinski definition) is 11. The fourth-order valence-corrected chi connectivity index (χ4v) is 2.69. The zero-order chi connectivity index (χ0) is 30.6. The number of rotatable bonds is 6. The fraction of sp³-hybridized carbons (Fsp3) is 0. The van der Waals surface area contributed by atoms with Crippen molar-refractivity contribution < 1.29 is 49.2 Å². The molecular formula is C27H18N6O6RuS2. The summed E-state index contributed by atoms with van der Waals surface area (Å²) in [6, 6.07) is 17.3. The Morgan fingerprint density at radius 2 is 1.14 bits per heavy atom. The molecule has 4 rings (SSSR count). The van der Waals surface area contributed by atoms with Gasteiger partial charge in [0.15, 0.2) is 0 Å². The molecule has 0 saturated carbocycles. The minimum atomic E-state index is -1.08. The van der Waals surface area contributed by atoms with Crippen LogP contribution in [0, 0.1) is 21.3 Å². The first-order valence-electron chi connectivity index (χ1n) is 10.9. The quantitative estimate of drug-likeness (QED) is 0.113. The molecule has 212 valence electrons. The third-order valence-corrected chi connectivity index (χ3v) is 4.42. The van der Waals surface area contributed by atoms with Crippen LogP contribution in [0.15, 0.2) is 90.3 Å². The number of nitrogens with zero attached hydrogens (tertiary/aromatic N) is 6. The third kappa shape index (κ3) is 13.7. The van der Waals surface area contributed by atoms with E-state index in [1.54, 1.807) is 24.5 Å². The number of hydrogen-bond donors (Lipinski definition) is 3. The van der Waals surface area contributed by atoms with Crippen LogP contribution >= 0.6 is 0 Å². The summed E-state index contributed by atoms with van der Waals surface area (Å²) in [5.74, 6) is -3.09. The standard InChI is InChI=1S/C13H10N2O2.C12H8N2O4.2CHNS.Ru/c16-13(17)10-4-6-11(7-5-10)15-9-12-3-1-2-8-14-12;15-11(16)7-1-3-13-9(5-7)10-6-8(12(17)18)2-4-14-10;2*2-1-3;/h1-9H,(H,16,17);1-6H,(H,15,16)(H,17,18);2*3H;/q;;;;+2/p-2. The van der Waals surface area contributed by atoms with Crippen LogP contribution in [0.25, 0.3) is 11.4 Å². The predicted octanol–water partition coefficient (Wildman–Crippen LogP) is 4.10. The molecule has 0 atom stereocenters. The molecule has 0 amide bonds. The average molecular weight is 688 g/mol. The molecule has 0 aliphatic rings. The first-order valence-corrected chi connectivity index (χ1v) is 11.7. The average Bonchev–Trinajstić information content (AvgIpc) is 2.98. The van der Waals surface area contributed by atoms with Gasteiger partial charge in [-0.05, 0) is 60.7 Å². The summed E-state index contributed by atoms with van der Waals surface area (Å²) < 4.78 is 0. The van der Waals surface area contributed by atoms with E-state index in [0.29, 0.717) is 17.1 Å². The van der Waals surface area contributed by atoms with Crippen molar-refractivity contribution in [1.82, 2.24) is 15.0 Å². The van der Waals surface area contributed by atoms with Gasteiger partial charge in [-0.1, -0.05) is 16.9 Å². The van der Waals surface area contributed by atoms with Crippen LogP contribution in [-0.4, -0.2) is 54.4 Å². The molecule has 3 heterocycles. The molecule has 1 aromatic carbocycles. The number of aromatic carboxylic acids is 3. The maximum atomic E-state index is 10.8. The largest absolute Gasteiger partial charge is 2.00 e. The van der Waals surface area contributed by atoms with Crippen LogP contribution < -0.4 is 0 Å². The topological polar surface area (TPSA) is 211 Å². The number of pyridine rings is 3. The van der Waals surface area contributed by atoms with Crippen molar-refractivity contribution in [1.29, 1.82) is 10.5 Å². The van der Waals surface area contributed by atoms with Gasteiger partial charge in [0.05, 0.1) is 45.7 Å². The van der Waals surface area contributed by atoms with Gasteiger partial charge < -0.3 is 40.6 Å². The first kappa shape index (κ1) is 36.8. The minimum Gasteiger partial charge on any atom is -0.696 e. The maximum Gasteiger partial charge on any atom is 2.00 e. The van der Waals surface area contributed by atoms with Crippen molar-refractivity contribution in [3.05, 3.63) is 108 Å². The third-order valence-electron chi connectivity index (χ3n) is 4.42. The second-order valence-electron chi connectivity index (χ2n) is 7.02. The van der Waals surface area contributed by atoms with Gasteiger partial charge in [0.25, 0.3) is 0 Å². The number of thiocyanates is 2. The molecule has 0 saturated heterocycles. The van der Waals surface area contributed by atoms with Gasteiger partial charge in [-0.15, -0.1) is 0 Å². The van der Waals surface area contributed by atoms with Crippen molar-refractivity contribution in [3.63, 3.8) is 0 Å². The number of nitriles is 2. The van der Waals surface area contributed by atoms with E-state index in [1.807, 2.05) is 18.2 Å². The molecule has 0 bridgehead atoms. The molecule has 12 nitrogen and oxygen atoms in total. The van der Waals surface area contributed by atoms with E-state index >= 15 is 0 Å². The van der Waals surface area contributed by atoms with E-state index in [1.165, 1.54) is 59.6 Å². The number of benzene rings is 1. The molecule has 3 aromatic heterocycles. The van der Waals surface area contributed by atoms with E-state index in [0.717, 1.165) is 5.69 Å². The minimum absolute atomic E-state index is 0. The van der Waals surface area contributed by atoms with E-state index in [4.69, 9.17) is 25.8 Å². The normalized spacial score (nSPS) is 8.90. The molecule has 3 N–H and O–H groups in total. The first-order chi connectivity index (χ1) is 19.7. The maximum absolute atomic E-state index is 10.8. The summed E-state index contributed by atoms with van der Waals surface area (Å²) in [7, 11) is 0. The number of carboxylic acids is 3. The Bertz CT molecular complexity index is 1510. The number of aliphatic imine (C=N–C) groups is 1. The smallest absolute Gasteiger partial charge is 0.696 e. The van der Waals surface area contributed by atoms with Gasteiger partial charge in [0.1, 0.15) is 0 Å². The van der Waals surface area contributed by atoms with Crippen molar-refractivity contribution in [2.75, 3.05) is 0 Å². The second kappa shape index (κ2) is 20.7. The Balaban J connectivity index is 0.000000662. The molecule has 0 spiro atoms. The predicted molar refractivity (Wildman–Crippen MR) is 152 cm³/mol. The summed E-state index contributed by atoms with van der Waals surface area (Å²) in [5.41, 5.74) is 2.48. The summed E-state index contributed by atoms with van der Waals surface area (Å²) in [6.45, 7) is 0. The molecule has 0 radical (unpaired) electrons. The molecule has 4 aromatic rings. The molecule has 42 heavy (non-hydrogen) atoms. The SMILES string of the molecule is N#C[S-].N#C[S-].O=C(O)c1ccc(N=Cc2ccccn2)cc1.O=C(O)c1ccnc(-c2cc(C(=O)O)ccn2)c1.[Ru+2]. The van der Waals surface area contributed by atoms with Gasteiger partial charge in [0.2, 0.25) is 0 Å². The van der Waals surface area contributed by atoms with Crippen molar-refractivity contribution in [3.8, 4) is 22.2 Å². The van der Waals surface area contributed by atoms with E-state index in [9.17, 15) is 14.4 Å². The number of carboxylic acid groups (broad SMARTS) is 3. The molecule has 0 unspecified atom stereocenters. The van der Waals surface area contributed by atoms with Crippen LogP contribution in [0.4, 0.5) is 5.69 Å². The molecule has 15 heteroatoms. The summed E-state index contributed by atoms with van der Waals surface area (Å²) in [4.78, 5) is 48.5. The van der Waals surface area contributed by atoms with Crippen LogP contribution in [0.3, 0.4) is 0 Å². The zero-order valence-corrected chi connectivity index (χ0v) is 24.5. The molecule has 0 aliphatic heterocycles. The van der Waals surface area contributed by atoms with Gasteiger partial charge in [-0.25, -0.2) is 24.9 Å². The van der Waals surface area contributed by atoms with E-state index in [-0.39, 0.29) is 36.2 Å². The summed E-state index contributed by atoms with van der Waals surface area (Å²) >= 11 is 7.40. The van der Waals surface area contributed by atoms with Crippen LogP contribution in [0.5, 0.6) is 0 Å². The van der Waals surface area contributed by atoms with Gasteiger partial charge >= 0.3 is 37.4 Å². The van der Waals surface area contributed by atoms with Gasteiger partial charge in [0, 0.05) is 18.6 Å². The summed E-state index contributed by atoms with van der Waals surface area (Å²) in [5, 5.41) is 43.4. The zero-order valence-electron chi connectivity index (χ0n) is 21.1. The van der Waals surface area contributed by atoms with Crippen LogP contribution in [-0.2, 0) is 44.7 Å². The van der Waals surface area contributed by atoms with Crippen molar-refractivity contribution in [2.24, 2.45) is 4.99 Å². The second-order valence-corrected chi connectivity index (χ2v) is 7.38. The molecule has 0 fully saturated rings. The Morgan fingerprint density at radius 1 is 0.690 bits per heavy atom. The Morgan fingerprint density at radius 3 is 1.52 bits per heavy atom. The van der Waals surface area contributed by atoms with E-state index < -0.39 is 17.9 Å². The van der Waals surface area contributed by atoms with E-state index in [2.05, 4.69) is 45.2 Å².